The molecule has 0 amide bonds. The lowest BCUT2D eigenvalue weighted by Gasteiger charge is -2.15. The van der Waals surface area contributed by atoms with Crippen molar-refractivity contribution >= 4 is 23.3 Å². The number of aryl methyl sites for hydroxylation is 1. The first-order chi connectivity index (χ1) is 9.33. The molecule has 110 valence electrons. The summed E-state index contributed by atoms with van der Waals surface area (Å²) in [6.07, 6.45) is -1.48. The topological polar surface area (TPSA) is 47.6 Å². The zero-order valence-electron chi connectivity index (χ0n) is 11.0. The Labute approximate surface area is 120 Å². The average molecular weight is 306 g/mol. The Bertz CT molecular complexity index is 537. The third-order valence-electron chi connectivity index (χ3n) is 3.06. The molecule has 1 aromatic rings. The van der Waals surface area contributed by atoms with Gasteiger partial charge in [0.1, 0.15) is 11.9 Å². The van der Waals surface area contributed by atoms with Gasteiger partial charge in [-0.25, -0.2) is 4.79 Å². The van der Waals surface area contributed by atoms with E-state index in [9.17, 15) is 13.6 Å². The van der Waals surface area contributed by atoms with E-state index in [1.807, 2.05) is 6.92 Å². The molecule has 1 saturated heterocycles. The maximum absolute atomic E-state index is 13.0. The van der Waals surface area contributed by atoms with Crippen molar-refractivity contribution < 1.29 is 23.0 Å². The number of hydrogen-bond acceptors (Lipinski definition) is 4. The Kier molecular flexibility index (Phi) is 4.04. The first kappa shape index (κ1) is 14.8. The van der Waals surface area contributed by atoms with Crippen molar-refractivity contribution in [2.45, 2.75) is 25.4 Å². The Morgan fingerprint density at radius 2 is 2.25 bits per heavy atom. The molecule has 1 aliphatic heterocycles. The third-order valence-corrected chi connectivity index (χ3v) is 3.46. The number of halogens is 3. The van der Waals surface area contributed by atoms with Crippen molar-refractivity contribution in [2.75, 3.05) is 19.0 Å². The molecule has 1 heterocycles. The average Bonchev–Trinajstić information content (AvgIpc) is 2.64. The number of nitrogens with one attached hydrogen (secondary N) is 1. The standard InChI is InChI=1S/C13H14ClF2NO3/c1-7-3-10(11(19-2)4-9(7)14)17-6-8-5-13(15,16)12(18)20-8/h3-4,8,17H,5-6H2,1-2H3. The second-order valence-corrected chi connectivity index (χ2v) is 5.03. The summed E-state index contributed by atoms with van der Waals surface area (Å²) in [5, 5.41) is 3.49. The number of cyclic esters (lactones) is 1. The fourth-order valence-corrected chi connectivity index (χ4v) is 2.11. The predicted molar refractivity (Wildman–Crippen MR) is 70.7 cm³/mol. The molecular formula is C13H14ClF2NO3. The quantitative estimate of drug-likeness (QED) is 0.869. The van der Waals surface area contributed by atoms with Gasteiger partial charge in [0, 0.05) is 11.1 Å². The van der Waals surface area contributed by atoms with Crippen molar-refractivity contribution in [1.82, 2.24) is 0 Å². The largest absolute Gasteiger partial charge is 0.495 e. The number of esters is 1. The number of hydrogen-bond donors (Lipinski definition) is 1. The molecule has 1 atom stereocenters. The van der Waals surface area contributed by atoms with Gasteiger partial charge in [-0.05, 0) is 18.6 Å². The molecule has 4 nitrogen and oxygen atoms in total. The van der Waals surface area contributed by atoms with Crippen LogP contribution in [0.5, 0.6) is 5.75 Å². The van der Waals surface area contributed by atoms with E-state index in [1.54, 1.807) is 12.1 Å². The maximum Gasteiger partial charge on any atom is 0.377 e. The number of alkyl halides is 2. The van der Waals surface area contributed by atoms with E-state index in [2.05, 4.69) is 10.1 Å². The normalized spacial score (nSPS) is 20.6. The van der Waals surface area contributed by atoms with Crippen molar-refractivity contribution in [3.63, 3.8) is 0 Å². The molecule has 0 radical (unpaired) electrons. The highest BCUT2D eigenvalue weighted by Gasteiger charge is 2.50. The van der Waals surface area contributed by atoms with E-state index in [4.69, 9.17) is 16.3 Å². The molecule has 2 rings (SSSR count). The molecule has 1 unspecified atom stereocenters. The van der Waals surface area contributed by atoms with Crippen molar-refractivity contribution in [3.05, 3.63) is 22.7 Å². The molecule has 0 aliphatic carbocycles. The van der Waals surface area contributed by atoms with Gasteiger partial charge >= 0.3 is 11.9 Å². The fraction of sp³-hybridized carbons (Fsp3) is 0.462. The first-order valence-corrected chi connectivity index (χ1v) is 6.38. The lowest BCUT2D eigenvalue weighted by Crippen LogP contribution is -2.22. The van der Waals surface area contributed by atoms with E-state index >= 15 is 0 Å². The molecule has 20 heavy (non-hydrogen) atoms. The number of benzene rings is 1. The summed E-state index contributed by atoms with van der Waals surface area (Å²) in [5.41, 5.74) is 1.43. The van der Waals surface area contributed by atoms with Crippen LogP contribution in [0, 0.1) is 6.92 Å². The van der Waals surface area contributed by atoms with Gasteiger partial charge in [0.15, 0.2) is 0 Å². The number of carbonyl (C=O) groups excluding carboxylic acids is 1. The van der Waals surface area contributed by atoms with Crippen LogP contribution in [-0.2, 0) is 9.53 Å². The molecule has 1 fully saturated rings. The molecule has 0 saturated carbocycles. The second-order valence-electron chi connectivity index (χ2n) is 4.62. The van der Waals surface area contributed by atoms with Crippen LogP contribution in [0.1, 0.15) is 12.0 Å². The van der Waals surface area contributed by atoms with Crippen molar-refractivity contribution in [1.29, 1.82) is 0 Å². The van der Waals surface area contributed by atoms with Gasteiger partial charge in [0.25, 0.3) is 0 Å². The number of rotatable bonds is 4. The van der Waals surface area contributed by atoms with Gasteiger partial charge in [-0.15, -0.1) is 0 Å². The minimum Gasteiger partial charge on any atom is -0.495 e. The van der Waals surface area contributed by atoms with Crippen LogP contribution in [-0.4, -0.2) is 31.7 Å². The number of methoxy groups -OCH3 is 1. The van der Waals surface area contributed by atoms with Crippen LogP contribution in [0.15, 0.2) is 12.1 Å². The summed E-state index contributed by atoms with van der Waals surface area (Å²) in [7, 11) is 1.48. The third kappa shape index (κ3) is 2.95. The zero-order valence-corrected chi connectivity index (χ0v) is 11.8. The van der Waals surface area contributed by atoms with Crippen LogP contribution in [0.25, 0.3) is 0 Å². The summed E-state index contributed by atoms with van der Waals surface area (Å²) in [5.74, 6) is -4.37. The van der Waals surface area contributed by atoms with Crippen LogP contribution in [0.3, 0.4) is 0 Å². The minimum atomic E-state index is -3.40. The molecule has 0 bridgehead atoms. The summed E-state index contributed by atoms with van der Waals surface area (Å²) in [6, 6.07) is 3.38. The Balaban J connectivity index is 2.05. The number of ether oxygens (including phenoxy) is 2. The van der Waals surface area contributed by atoms with Crippen LogP contribution >= 0.6 is 11.6 Å². The molecule has 0 aromatic heterocycles. The molecule has 0 spiro atoms. The van der Waals surface area contributed by atoms with Gasteiger partial charge in [-0.1, -0.05) is 11.6 Å². The summed E-state index contributed by atoms with van der Waals surface area (Å²) in [6.45, 7) is 1.90. The van der Waals surface area contributed by atoms with Crippen molar-refractivity contribution in [2.24, 2.45) is 0 Å². The zero-order chi connectivity index (χ0) is 14.9. The molecule has 1 aromatic carbocycles. The predicted octanol–water partition coefficient (Wildman–Crippen LogP) is 3.02. The molecule has 7 heteroatoms. The Morgan fingerprint density at radius 1 is 1.55 bits per heavy atom. The Hall–Kier alpha value is -1.56. The second kappa shape index (κ2) is 5.44. The van der Waals surface area contributed by atoms with Gasteiger partial charge in [-0.2, -0.15) is 8.78 Å². The van der Waals surface area contributed by atoms with Gasteiger partial charge in [0.05, 0.1) is 25.8 Å². The summed E-state index contributed by atoms with van der Waals surface area (Å²) >= 11 is 5.97. The lowest BCUT2D eigenvalue weighted by atomic mass is 10.1. The molecule has 1 N–H and O–H groups in total. The van der Waals surface area contributed by atoms with Crippen LogP contribution in [0.4, 0.5) is 14.5 Å². The summed E-state index contributed by atoms with van der Waals surface area (Å²) < 4.78 is 35.8. The van der Waals surface area contributed by atoms with Gasteiger partial charge in [-0.3, -0.25) is 0 Å². The fourth-order valence-electron chi connectivity index (χ4n) is 1.96. The van der Waals surface area contributed by atoms with E-state index in [0.717, 1.165) is 5.56 Å². The number of carbonyl (C=O) groups is 1. The monoisotopic (exact) mass is 305 g/mol. The smallest absolute Gasteiger partial charge is 0.377 e. The van der Waals surface area contributed by atoms with Crippen molar-refractivity contribution in [3.8, 4) is 5.75 Å². The Morgan fingerprint density at radius 3 is 2.80 bits per heavy atom. The van der Waals surface area contributed by atoms with E-state index in [1.165, 1.54) is 7.11 Å². The highest BCUT2D eigenvalue weighted by atomic mass is 35.5. The SMILES string of the molecule is COc1cc(Cl)c(C)cc1NCC1CC(F)(F)C(=O)O1. The van der Waals surface area contributed by atoms with Gasteiger partial charge in [0.2, 0.25) is 0 Å². The van der Waals surface area contributed by atoms with E-state index < -0.39 is 24.4 Å². The minimum absolute atomic E-state index is 0.0821. The van der Waals surface area contributed by atoms with E-state index in [0.29, 0.717) is 16.5 Å². The molecular weight excluding hydrogens is 292 g/mol. The lowest BCUT2D eigenvalue weighted by molar-refractivity contribution is -0.158. The van der Waals surface area contributed by atoms with Crippen LogP contribution < -0.4 is 10.1 Å². The maximum atomic E-state index is 13.0. The number of anilines is 1. The highest BCUT2D eigenvalue weighted by Crippen LogP contribution is 2.33. The molecule has 1 aliphatic rings. The summed E-state index contributed by atoms with van der Waals surface area (Å²) in [4.78, 5) is 10.9. The first-order valence-electron chi connectivity index (χ1n) is 6.00. The highest BCUT2D eigenvalue weighted by molar-refractivity contribution is 6.31. The van der Waals surface area contributed by atoms with E-state index in [-0.39, 0.29) is 6.54 Å². The van der Waals surface area contributed by atoms with Crippen LogP contribution in [0.2, 0.25) is 5.02 Å². The van der Waals surface area contributed by atoms with Gasteiger partial charge < -0.3 is 14.8 Å².